The van der Waals surface area contributed by atoms with E-state index in [-0.39, 0.29) is 5.41 Å². The van der Waals surface area contributed by atoms with Crippen molar-refractivity contribution in [2.45, 2.75) is 32.1 Å². The third kappa shape index (κ3) is 4.54. The lowest BCUT2D eigenvalue weighted by molar-refractivity contribution is 0.660. The van der Waals surface area contributed by atoms with Crippen LogP contribution in [-0.2, 0) is 18.3 Å². The number of hydrogen-bond donors (Lipinski definition) is 0. The van der Waals surface area contributed by atoms with Crippen LogP contribution in [0.3, 0.4) is 0 Å². The molecule has 8 aromatic rings. The van der Waals surface area contributed by atoms with Crippen molar-refractivity contribution in [3.63, 3.8) is 0 Å². The third-order valence-corrected chi connectivity index (χ3v) is 11.8. The molecule has 1 aliphatic carbocycles. The highest BCUT2D eigenvalue weighted by atomic mass is 15.1. The number of rotatable bonds is 3. The zero-order chi connectivity index (χ0) is 34.3. The smallest absolute Gasteiger partial charge is 0.0447 e. The van der Waals surface area contributed by atoms with Crippen LogP contribution in [0.15, 0.2) is 158 Å². The fraction of sp³-hybridized carbons (Fsp3) is 0.120. The van der Waals surface area contributed by atoms with Crippen molar-refractivity contribution in [1.82, 2.24) is 0 Å². The van der Waals surface area contributed by atoms with Crippen molar-refractivity contribution in [2.24, 2.45) is 0 Å². The van der Waals surface area contributed by atoms with Crippen LogP contribution in [0.5, 0.6) is 0 Å². The molecule has 8 aromatic carbocycles. The van der Waals surface area contributed by atoms with E-state index >= 15 is 0 Å². The van der Waals surface area contributed by atoms with Crippen molar-refractivity contribution >= 4 is 32.9 Å². The number of aryl methyl sites for hydroxylation is 2. The molecule has 1 nitrogen and oxygen atoms in total. The Kier molecular flexibility index (Phi) is 6.64. The van der Waals surface area contributed by atoms with E-state index < -0.39 is 0 Å². The van der Waals surface area contributed by atoms with Gasteiger partial charge >= 0.3 is 0 Å². The van der Waals surface area contributed by atoms with Gasteiger partial charge in [0.2, 0.25) is 0 Å². The van der Waals surface area contributed by atoms with Gasteiger partial charge in [-0.3, -0.25) is 0 Å². The van der Waals surface area contributed by atoms with Gasteiger partial charge in [-0.25, -0.2) is 0 Å². The minimum Gasteiger partial charge on any atom is -0.344 e. The monoisotopic (exact) mass is 653 g/mol. The quantitative estimate of drug-likeness (QED) is 0.172. The van der Waals surface area contributed by atoms with E-state index in [1.807, 2.05) is 0 Å². The lowest BCUT2D eigenvalue weighted by Gasteiger charge is -2.24. The van der Waals surface area contributed by atoms with Crippen LogP contribution in [0.4, 0.5) is 11.4 Å². The average Bonchev–Trinajstić information content (AvgIpc) is 3.31. The molecule has 244 valence electrons. The van der Waals surface area contributed by atoms with E-state index in [1.54, 1.807) is 0 Å². The van der Waals surface area contributed by atoms with Gasteiger partial charge in [-0.15, -0.1) is 0 Å². The predicted molar refractivity (Wildman–Crippen MR) is 217 cm³/mol. The number of anilines is 2. The summed E-state index contributed by atoms with van der Waals surface area (Å²) in [5, 5.41) is 5.13. The van der Waals surface area contributed by atoms with E-state index in [4.69, 9.17) is 0 Å². The summed E-state index contributed by atoms with van der Waals surface area (Å²) >= 11 is 0. The molecule has 2 aliphatic rings. The maximum Gasteiger partial charge on any atom is 0.0447 e. The highest BCUT2D eigenvalue weighted by Crippen LogP contribution is 2.52. The Hall–Kier alpha value is -5.92. The molecule has 0 amide bonds. The van der Waals surface area contributed by atoms with Gasteiger partial charge in [0.25, 0.3) is 0 Å². The normalized spacial score (nSPS) is 14.1. The summed E-state index contributed by atoms with van der Waals surface area (Å²) in [6, 6.07) is 59.2. The lowest BCUT2D eigenvalue weighted by Crippen LogP contribution is -2.14. The van der Waals surface area contributed by atoms with E-state index in [2.05, 4.69) is 184 Å². The Bertz CT molecular complexity index is 2680. The van der Waals surface area contributed by atoms with Gasteiger partial charge in [-0.05, 0) is 125 Å². The zero-order valence-corrected chi connectivity index (χ0v) is 29.4. The highest BCUT2D eigenvalue weighted by molar-refractivity contribution is 6.22. The third-order valence-electron chi connectivity index (χ3n) is 11.8. The zero-order valence-electron chi connectivity index (χ0n) is 29.4. The SMILES string of the molecule is CN1c2ccccc2CCc2ccc(-c3c4ccccc4c(-c4ccc5c(c4)C(C)(C)c4ccccc4-5)c4cc(-c5ccccc5)ccc34)cc21. The first-order chi connectivity index (χ1) is 25.0. The van der Waals surface area contributed by atoms with E-state index in [0.29, 0.717) is 0 Å². The summed E-state index contributed by atoms with van der Waals surface area (Å²) in [7, 11) is 2.23. The first-order valence-corrected chi connectivity index (χ1v) is 18.2. The Morgan fingerprint density at radius 2 is 1.00 bits per heavy atom. The van der Waals surface area contributed by atoms with E-state index in [1.165, 1.54) is 99.7 Å². The molecule has 0 fully saturated rings. The molecule has 1 heteroatoms. The van der Waals surface area contributed by atoms with Crippen LogP contribution < -0.4 is 4.90 Å². The maximum absolute atomic E-state index is 2.49. The summed E-state index contributed by atoms with van der Waals surface area (Å²) in [6.45, 7) is 4.75. The van der Waals surface area contributed by atoms with Crippen molar-refractivity contribution in [2.75, 3.05) is 11.9 Å². The molecule has 0 saturated heterocycles. The molecular formula is C50H39N. The lowest BCUT2D eigenvalue weighted by atomic mass is 9.80. The maximum atomic E-state index is 2.49. The van der Waals surface area contributed by atoms with E-state index in [0.717, 1.165) is 12.8 Å². The van der Waals surface area contributed by atoms with Gasteiger partial charge < -0.3 is 4.90 Å². The second-order valence-corrected chi connectivity index (χ2v) is 14.9. The molecule has 0 unspecified atom stereocenters. The fourth-order valence-corrected chi connectivity index (χ4v) is 9.16. The number of hydrogen-bond acceptors (Lipinski definition) is 1. The van der Waals surface area contributed by atoms with Crippen LogP contribution in [-0.4, -0.2) is 7.05 Å². The summed E-state index contributed by atoms with van der Waals surface area (Å²) in [4.78, 5) is 2.40. The van der Waals surface area contributed by atoms with Gasteiger partial charge in [-0.1, -0.05) is 147 Å². The number of para-hydroxylation sites is 1. The summed E-state index contributed by atoms with van der Waals surface area (Å²) in [5.41, 5.74) is 18.4. The molecule has 0 radical (unpaired) electrons. The van der Waals surface area contributed by atoms with Gasteiger partial charge in [0, 0.05) is 23.8 Å². The van der Waals surface area contributed by atoms with Crippen LogP contribution in [0.1, 0.15) is 36.1 Å². The van der Waals surface area contributed by atoms with Crippen LogP contribution in [0.25, 0.3) is 66.1 Å². The van der Waals surface area contributed by atoms with Crippen LogP contribution in [0, 0.1) is 0 Å². The minimum atomic E-state index is -0.0742. The van der Waals surface area contributed by atoms with Gasteiger partial charge in [0.05, 0.1) is 0 Å². The Labute approximate surface area is 300 Å². The highest BCUT2D eigenvalue weighted by Gasteiger charge is 2.35. The van der Waals surface area contributed by atoms with Gasteiger partial charge in [0.15, 0.2) is 0 Å². The number of benzene rings is 8. The fourth-order valence-electron chi connectivity index (χ4n) is 9.16. The van der Waals surface area contributed by atoms with E-state index in [9.17, 15) is 0 Å². The molecule has 1 heterocycles. The largest absolute Gasteiger partial charge is 0.344 e. The molecule has 0 bridgehead atoms. The molecule has 1 aliphatic heterocycles. The molecule has 0 aromatic heterocycles. The molecule has 10 rings (SSSR count). The second kappa shape index (κ2) is 11.3. The number of nitrogens with zero attached hydrogens (tertiary/aromatic N) is 1. The van der Waals surface area contributed by atoms with Crippen molar-refractivity contribution in [3.05, 3.63) is 180 Å². The number of fused-ring (bicyclic) bond motifs is 7. The van der Waals surface area contributed by atoms with Crippen LogP contribution in [0.2, 0.25) is 0 Å². The first-order valence-electron chi connectivity index (χ1n) is 18.2. The Balaban J connectivity index is 1.26. The Morgan fingerprint density at radius 3 is 1.82 bits per heavy atom. The first kappa shape index (κ1) is 29.9. The second-order valence-electron chi connectivity index (χ2n) is 14.9. The van der Waals surface area contributed by atoms with Crippen molar-refractivity contribution in [1.29, 1.82) is 0 Å². The molecular weight excluding hydrogens is 615 g/mol. The minimum absolute atomic E-state index is 0.0742. The molecule has 51 heavy (non-hydrogen) atoms. The summed E-state index contributed by atoms with van der Waals surface area (Å²) < 4.78 is 0. The van der Waals surface area contributed by atoms with Gasteiger partial charge in [-0.2, -0.15) is 0 Å². The summed E-state index contributed by atoms with van der Waals surface area (Å²) in [6.07, 6.45) is 2.09. The molecule has 0 atom stereocenters. The molecule has 0 saturated carbocycles. The standard InChI is InChI=1S/C50H39N/c1-50(2)44-19-11-10-16-38(44)39-27-26-36(30-45(39)50)49-41-18-9-8-17-40(41)48(42-28-25-35(29-43(42)49)32-13-5-4-6-14-32)37-24-23-34-22-21-33-15-7-12-20-46(33)51(3)47(34)31-37/h4-20,23-31H,21-22H2,1-3H3. The van der Waals surface area contributed by atoms with Gasteiger partial charge in [0.1, 0.15) is 0 Å². The Morgan fingerprint density at radius 1 is 0.412 bits per heavy atom. The topological polar surface area (TPSA) is 3.24 Å². The predicted octanol–water partition coefficient (Wildman–Crippen LogP) is 13.2. The average molecular weight is 654 g/mol. The summed E-state index contributed by atoms with van der Waals surface area (Å²) in [5.74, 6) is 0. The van der Waals surface area contributed by atoms with Crippen LogP contribution >= 0.6 is 0 Å². The molecule has 0 spiro atoms. The van der Waals surface area contributed by atoms with Crippen molar-refractivity contribution in [3.8, 4) is 44.5 Å². The van der Waals surface area contributed by atoms with Crippen molar-refractivity contribution < 1.29 is 0 Å². The molecule has 0 N–H and O–H groups in total.